The maximum atomic E-state index is 13.9. The van der Waals surface area contributed by atoms with Crippen LogP contribution in [0.25, 0.3) is 0 Å². The van der Waals surface area contributed by atoms with Crippen LogP contribution in [0, 0.1) is 11.7 Å². The third kappa shape index (κ3) is 3.58. The predicted octanol–water partition coefficient (Wildman–Crippen LogP) is 3.73. The van der Waals surface area contributed by atoms with Crippen molar-refractivity contribution in [3.05, 3.63) is 35.6 Å². The number of nitrogens with zero attached hydrogens (tertiary/aromatic N) is 1. The van der Waals surface area contributed by atoms with Crippen LogP contribution in [0.5, 0.6) is 0 Å². The van der Waals surface area contributed by atoms with Crippen molar-refractivity contribution < 1.29 is 4.39 Å². The summed E-state index contributed by atoms with van der Waals surface area (Å²) in [5.41, 5.74) is 7.20. The lowest BCUT2D eigenvalue weighted by Gasteiger charge is -2.41. The maximum absolute atomic E-state index is 13.9. The van der Waals surface area contributed by atoms with Gasteiger partial charge in [0, 0.05) is 23.7 Å². The zero-order chi connectivity index (χ0) is 14.8. The third-order valence-electron chi connectivity index (χ3n) is 4.71. The molecule has 0 saturated heterocycles. The molecular weight excluding hydrogens is 251 g/mol. The Morgan fingerprint density at radius 1 is 1.45 bits per heavy atom. The fraction of sp³-hybridized carbons (Fsp3) is 0.647. The van der Waals surface area contributed by atoms with Crippen LogP contribution in [0.1, 0.15) is 51.1 Å². The Morgan fingerprint density at radius 2 is 2.15 bits per heavy atom. The highest BCUT2D eigenvalue weighted by atomic mass is 19.1. The molecule has 0 radical (unpaired) electrons. The molecule has 112 valence electrons. The second-order valence-electron chi connectivity index (χ2n) is 6.68. The Labute approximate surface area is 122 Å². The highest BCUT2D eigenvalue weighted by Gasteiger charge is 2.33. The van der Waals surface area contributed by atoms with Crippen LogP contribution in [-0.4, -0.2) is 24.0 Å². The van der Waals surface area contributed by atoms with Crippen LogP contribution < -0.4 is 5.73 Å². The fourth-order valence-electron chi connectivity index (χ4n) is 3.53. The minimum absolute atomic E-state index is 0.0499. The van der Waals surface area contributed by atoms with E-state index in [1.54, 1.807) is 6.07 Å². The summed E-state index contributed by atoms with van der Waals surface area (Å²) in [6.07, 6.45) is 4.64. The molecule has 0 spiro atoms. The topological polar surface area (TPSA) is 29.3 Å². The number of rotatable bonds is 4. The normalized spacial score (nSPS) is 28.6. The molecule has 20 heavy (non-hydrogen) atoms. The number of hydrogen-bond donors (Lipinski definition) is 1. The molecular formula is C17H27FN2. The molecule has 2 nitrogen and oxygen atoms in total. The summed E-state index contributed by atoms with van der Waals surface area (Å²) in [5.74, 6) is 0.570. The van der Waals surface area contributed by atoms with Crippen molar-refractivity contribution in [1.29, 1.82) is 0 Å². The Morgan fingerprint density at radius 3 is 2.80 bits per heavy atom. The van der Waals surface area contributed by atoms with E-state index in [1.807, 2.05) is 26.1 Å². The number of halogens is 1. The van der Waals surface area contributed by atoms with E-state index in [0.29, 0.717) is 5.92 Å². The highest BCUT2D eigenvalue weighted by Crippen LogP contribution is 2.32. The van der Waals surface area contributed by atoms with Gasteiger partial charge in [0.25, 0.3) is 0 Å². The summed E-state index contributed by atoms with van der Waals surface area (Å²) >= 11 is 0. The van der Waals surface area contributed by atoms with Crippen molar-refractivity contribution in [2.45, 2.75) is 51.1 Å². The van der Waals surface area contributed by atoms with Crippen molar-refractivity contribution >= 4 is 0 Å². The molecule has 1 aliphatic carbocycles. The Bertz CT molecular complexity index is 448. The van der Waals surface area contributed by atoms with E-state index in [2.05, 4.69) is 11.8 Å². The summed E-state index contributed by atoms with van der Waals surface area (Å²) in [6.45, 7) is 5.15. The third-order valence-corrected chi connectivity index (χ3v) is 4.71. The van der Waals surface area contributed by atoms with Gasteiger partial charge in [-0.1, -0.05) is 38.0 Å². The molecule has 1 fully saturated rings. The average Bonchev–Trinajstić information content (AvgIpc) is 2.37. The average molecular weight is 278 g/mol. The zero-order valence-electron chi connectivity index (χ0n) is 12.9. The first-order chi connectivity index (χ1) is 9.41. The molecule has 3 unspecified atom stereocenters. The van der Waals surface area contributed by atoms with E-state index in [9.17, 15) is 4.39 Å². The van der Waals surface area contributed by atoms with E-state index < -0.39 is 0 Å². The summed E-state index contributed by atoms with van der Waals surface area (Å²) < 4.78 is 13.9. The van der Waals surface area contributed by atoms with Crippen LogP contribution in [0.3, 0.4) is 0 Å². The first-order valence-corrected chi connectivity index (χ1v) is 7.65. The molecule has 1 aliphatic rings. The van der Waals surface area contributed by atoms with Crippen molar-refractivity contribution in [3.63, 3.8) is 0 Å². The molecule has 0 heterocycles. The number of nitrogens with two attached hydrogens (primary N) is 1. The van der Waals surface area contributed by atoms with Gasteiger partial charge in [0.15, 0.2) is 0 Å². The predicted molar refractivity (Wildman–Crippen MR) is 82.0 cm³/mol. The van der Waals surface area contributed by atoms with Crippen molar-refractivity contribution in [2.24, 2.45) is 11.7 Å². The molecule has 1 aromatic rings. The second-order valence-corrected chi connectivity index (χ2v) is 6.68. The van der Waals surface area contributed by atoms with Crippen LogP contribution in [-0.2, 0) is 0 Å². The van der Waals surface area contributed by atoms with E-state index in [1.165, 1.54) is 18.9 Å². The van der Waals surface area contributed by atoms with Gasteiger partial charge < -0.3 is 5.73 Å². The maximum Gasteiger partial charge on any atom is 0.127 e. The van der Waals surface area contributed by atoms with E-state index in [-0.39, 0.29) is 17.4 Å². The lowest BCUT2D eigenvalue weighted by atomic mass is 9.76. The molecule has 1 saturated carbocycles. The zero-order valence-corrected chi connectivity index (χ0v) is 12.9. The summed E-state index contributed by atoms with van der Waals surface area (Å²) in [5, 5.41) is 0. The van der Waals surface area contributed by atoms with Crippen molar-refractivity contribution in [1.82, 2.24) is 4.90 Å². The Hall–Kier alpha value is -0.930. The number of hydrogen-bond acceptors (Lipinski definition) is 2. The fourth-order valence-corrected chi connectivity index (χ4v) is 3.53. The lowest BCUT2D eigenvalue weighted by Crippen LogP contribution is -2.52. The van der Waals surface area contributed by atoms with E-state index >= 15 is 0 Å². The molecule has 0 bridgehead atoms. The minimum Gasteiger partial charge on any atom is -0.324 e. The minimum atomic E-state index is -0.130. The van der Waals surface area contributed by atoms with Gasteiger partial charge in [-0.3, -0.25) is 4.90 Å². The second kappa shape index (κ2) is 6.23. The van der Waals surface area contributed by atoms with Crippen LogP contribution in [0.15, 0.2) is 24.3 Å². The van der Waals surface area contributed by atoms with E-state index in [4.69, 9.17) is 5.73 Å². The molecule has 0 amide bonds. The van der Waals surface area contributed by atoms with Crippen LogP contribution >= 0.6 is 0 Å². The molecule has 2 rings (SSSR count). The van der Waals surface area contributed by atoms with Gasteiger partial charge in [0.2, 0.25) is 0 Å². The first-order valence-electron chi connectivity index (χ1n) is 7.65. The molecule has 3 atom stereocenters. The van der Waals surface area contributed by atoms with Gasteiger partial charge in [-0.2, -0.15) is 0 Å². The SMILES string of the molecule is CC1CCCC(N)(CN(C)C(C)c2ccccc2F)C1. The van der Waals surface area contributed by atoms with Crippen molar-refractivity contribution in [2.75, 3.05) is 13.6 Å². The van der Waals surface area contributed by atoms with Crippen molar-refractivity contribution in [3.8, 4) is 0 Å². The lowest BCUT2D eigenvalue weighted by molar-refractivity contribution is 0.143. The van der Waals surface area contributed by atoms with Crippen LogP contribution in [0.4, 0.5) is 4.39 Å². The summed E-state index contributed by atoms with van der Waals surface area (Å²) in [6, 6.07) is 7.07. The van der Waals surface area contributed by atoms with Gasteiger partial charge in [-0.15, -0.1) is 0 Å². The molecule has 0 aromatic heterocycles. The van der Waals surface area contributed by atoms with Gasteiger partial charge in [0.05, 0.1) is 0 Å². The van der Waals surface area contributed by atoms with Gasteiger partial charge >= 0.3 is 0 Å². The largest absolute Gasteiger partial charge is 0.324 e. The van der Waals surface area contributed by atoms with Gasteiger partial charge in [-0.05, 0) is 38.8 Å². The first kappa shape index (κ1) is 15.5. The molecule has 0 aliphatic heterocycles. The standard InChI is InChI=1S/C17H27FN2/c1-13-7-6-10-17(19,11-13)12-20(3)14(2)15-8-4-5-9-16(15)18/h4-5,8-9,13-14H,6-7,10-12,19H2,1-3H3. The monoisotopic (exact) mass is 278 g/mol. The highest BCUT2D eigenvalue weighted by molar-refractivity contribution is 5.20. The van der Waals surface area contributed by atoms with Gasteiger partial charge in [-0.25, -0.2) is 4.39 Å². The molecule has 2 N–H and O–H groups in total. The summed E-state index contributed by atoms with van der Waals surface area (Å²) in [7, 11) is 2.05. The number of benzene rings is 1. The smallest absolute Gasteiger partial charge is 0.127 e. The Balaban J connectivity index is 2.04. The van der Waals surface area contributed by atoms with E-state index in [0.717, 1.165) is 24.9 Å². The molecule has 1 aromatic carbocycles. The summed E-state index contributed by atoms with van der Waals surface area (Å²) in [4.78, 5) is 2.19. The molecule has 3 heteroatoms. The van der Waals surface area contributed by atoms with Crippen LogP contribution in [0.2, 0.25) is 0 Å². The Kier molecular flexibility index (Phi) is 4.82. The van der Waals surface area contributed by atoms with Gasteiger partial charge in [0.1, 0.15) is 5.82 Å². The number of likely N-dealkylation sites (N-methyl/N-ethyl adjacent to an activating group) is 1. The quantitative estimate of drug-likeness (QED) is 0.909.